The number of nitrogens with two attached hydrogens (primary N) is 1. The zero-order valence-corrected chi connectivity index (χ0v) is 13.5. The van der Waals surface area contributed by atoms with Crippen molar-refractivity contribution in [3.8, 4) is 0 Å². The Morgan fingerprint density at radius 3 is 2.33 bits per heavy atom. The van der Waals surface area contributed by atoms with Crippen LogP contribution in [0.4, 0.5) is 0 Å². The van der Waals surface area contributed by atoms with Crippen molar-refractivity contribution < 1.29 is 0 Å². The summed E-state index contributed by atoms with van der Waals surface area (Å²) in [4.78, 5) is 0. The summed E-state index contributed by atoms with van der Waals surface area (Å²) in [5.74, 6) is 0. The van der Waals surface area contributed by atoms with Crippen molar-refractivity contribution >= 4 is 19.3 Å². The van der Waals surface area contributed by atoms with Gasteiger partial charge in [0.05, 0.1) is 8.07 Å². The smallest absolute Gasteiger partial charge is 0.0863 e. The van der Waals surface area contributed by atoms with Gasteiger partial charge in [-0.2, -0.15) is 0 Å². The van der Waals surface area contributed by atoms with Crippen LogP contribution in [0.2, 0.25) is 18.1 Å². The molecule has 0 aromatic heterocycles. The highest BCUT2D eigenvalue weighted by molar-refractivity contribution is 6.92. The van der Waals surface area contributed by atoms with Crippen molar-refractivity contribution in [3.63, 3.8) is 0 Å². The van der Waals surface area contributed by atoms with E-state index < -0.39 is 8.07 Å². The molecular formula is C16H27NSi. The van der Waals surface area contributed by atoms with E-state index in [4.69, 9.17) is 5.73 Å². The van der Waals surface area contributed by atoms with Crippen LogP contribution < -0.4 is 10.9 Å². The lowest BCUT2D eigenvalue weighted by Crippen LogP contribution is -2.51. The summed E-state index contributed by atoms with van der Waals surface area (Å²) in [6, 6.07) is 6.61. The molecule has 0 atom stereocenters. The van der Waals surface area contributed by atoms with E-state index >= 15 is 0 Å². The standard InChI is InChI=1S/C16H27NSi/c1-7-13-9-8-10-15(14(13)11-12-17)18(5,6)16(2,3)4/h7-10H,1,11-12,17H2,2-6H3. The maximum absolute atomic E-state index is 5.79. The number of hydrogen-bond donors (Lipinski definition) is 1. The van der Waals surface area contributed by atoms with Crippen molar-refractivity contribution in [2.75, 3.05) is 6.54 Å². The molecule has 2 heteroatoms. The van der Waals surface area contributed by atoms with Crippen LogP contribution in [0.15, 0.2) is 24.8 Å². The van der Waals surface area contributed by atoms with Crippen molar-refractivity contribution in [2.24, 2.45) is 5.73 Å². The molecule has 0 radical (unpaired) electrons. The summed E-state index contributed by atoms with van der Waals surface area (Å²) in [5, 5.41) is 1.88. The minimum Gasteiger partial charge on any atom is -0.330 e. The van der Waals surface area contributed by atoms with Crippen LogP contribution in [0.3, 0.4) is 0 Å². The quantitative estimate of drug-likeness (QED) is 0.824. The van der Waals surface area contributed by atoms with Crippen LogP contribution in [0.25, 0.3) is 6.08 Å². The van der Waals surface area contributed by atoms with Gasteiger partial charge in [-0.15, -0.1) is 0 Å². The molecule has 0 bridgehead atoms. The normalized spacial score (nSPS) is 12.6. The first-order chi connectivity index (χ1) is 8.25. The summed E-state index contributed by atoms with van der Waals surface area (Å²) in [5.41, 5.74) is 8.46. The van der Waals surface area contributed by atoms with Gasteiger partial charge in [0, 0.05) is 0 Å². The molecule has 0 aliphatic carbocycles. The fraction of sp³-hybridized carbons (Fsp3) is 0.500. The molecule has 1 nitrogen and oxygen atoms in total. The second-order valence-corrected chi connectivity index (χ2v) is 11.8. The average Bonchev–Trinajstić information content (AvgIpc) is 2.28. The average molecular weight is 261 g/mol. The molecule has 1 aromatic carbocycles. The lowest BCUT2D eigenvalue weighted by atomic mass is 10.0. The van der Waals surface area contributed by atoms with E-state index in [9.17, 15) is 0 Å². The monoisotopic (exact) mass is 261 g/mol. The third kappa shape index (κ3) is 2.75. The van der Waals surface area contributed by atoms with Crippen molar-refractivity contribution in [1.29, 1.82) is 0 Å². The van der Waals surface area contributed by atoms with Crippen molar-refractivity contribution in [2.45, 2.75) is 45.3 Å². The molecule has 0 fully saturated rings. The van der Waals surface area contributed by atoms with Gasteiger partial charge in [-0.05, 0) is 29.1 Å². The van der Waals surface area contributed by atoms with Gasteiger partial charge in [-0.3, -0.25) is 0 Å². The molecule has 0 spiro atoms. The summed E-state index contributed by atoms with van der Waals surface area (Å²) in [7, 11) is -1.51. The lowest BCUT2D eigenvalue weighted by Gasteiger charge is -2.39. The predicted molar refractivity (Wildman–Crippen MR) is 86.1 cm³/mol. The molecule has 1 aromatic rings. The van der Waals surface area contributed by atoms with Gasteiger partial charge in [0.1, 0.15) is 0 Å². The Hall–Kier alpha value is -0.863. The van der Waals surface area contributed by atoms with E-state index in [1.54, 1.807) is 0 Å². The SMILES string of the molecule is C=Cc1cccc([Si](C)(C)C(C)(C)C)c1CCN. The van der Waals surface area contributed by atoms with Crippen LogP contribution in [0, 0.1) is 0 Å². The van der Waals surface area contributed by atoms with Crippen molar-refractivity contribution in [1.82, 2.24) is 0 Å². The Bertz CT molecular complexity index is 427. The Morgan fingerprint density at radius 2 is 1.89 bits per heavy atom. The molecule has 0 aliphatic rings. The van der Waals surface area contributed by atoms with Crippen LogP contribution in [0.5, 0.6) is 0 Å². The lowest BCUT2D eigenvalue weighted by molar-refractivity contribution is 0.729. The molecular weight excluding hydrogens is 234 g/mol. The van der Waals surface area contributed by atoms with E-state index in [1.807, 2.05) is 6.08 Å². The van der Waals surface area contributed by atoms with E-state index in [0.29, 0.717) is 11.6 Å². The third-order valence-corrected chi connectivity index (χ3v) is 9.94. The summed E-state index contributed by atoms with van der Waals surface area (Å²) in [6.07, 6.45) is 2.91. The molecule has 0 saturated carbocycles. The molecule has 0 saturated heterocycles. The Morgan fingerprint density at radius 1 is 1.28 bits per heavy atom. The Kier molecular flexibility index (Phi) is 4.57. The highest BCUT2D eigenvalue weighted by Crippen LogP contribution is 2.36. The van der Waals surface area contributed by atoms with Crippen LogP contribution in [-0.4, -0.2) is 14.6 Å². The molecule has 0 aliphatic heterocycles. The van der Waals surface area contributed by atoms with Gasteiger partial charge in [-0.25, -0.2) is 0 Å². The Labute approximate surface area is 113 Å². The van der Waals surface area contributed by atoms with Crippen LogP contribution >= 0.6 is 0 Å². The first-order valence-electron chi connectivity index (χ1n) is 6.70. The Balaban J connectivity index is 3.44. The summed E-state index contributed by atoms with van der Waals surface area (Å²) >= 11 is 0. The largest absolute Gasteiger partial charge is 0.330 e. The zero-order valence-electron chi connectivity index (χ0n) is 12.5. The number of rotatable bonds is 4. The highest BCUT2D eigenvalue weighted by atomic mass is 28.3. The van der Waals surface area contributed by atoms with Gasteiger partial charge in [-0.1, -0.05) is 69.9 Å². The molecule has 0 unspecified atom stereocenters. The van der Waals surface area contributed by atoms with Crippen LogP contribution in [-0.2, 0) is 6.42 Å². The fourth-order valence-corrected chi connectivity index (χ4v) is 4.55. The minimum atomic E-state index is -1.51. The first kappa shape index (κ1) is 15.2. The molecule has 0 heterocycles. The van der Waals surface area contributed by atoms with Gasteiger partial charge in [0.15, 0.2) is 0 Å². The summed E-state index contributed by atoms with van der Waals surface area (Å²) in [6.45, 7) is 16.6. The molecule has 100 valence electrons. The summed E-state index contributed by atoms with van der Waals surface area (Å²) < 4.78 is 0. The number of benzene rings is 1. The van der Waals surface area contributed by atoms with Gasteiger partial charge < -0.3 is 5.73 Å². The second kappa shape index (κ2) is 5.41. The fourth-order valence-electron chi connectivity index (χ4n) is 2.21. The van der Waals surface area contributed by atoms with E-state index in [2.05, 4.69) is 58.6 Å². The molecule has 1 rings (SSSR count). The highest BCUT2D eigenvalue weighted by Gasteiger charge is 2.38. The number of hydrogen-bond acceptors (Lipinski definition) is 1. The molecule has 2 N–H and O–H groups in total. The molecule has 0 amide bonds. The third-order valence-electron chi connectivity index (χ3n) is 4.37. The predicted octanol–water partition coefficient (Wildman–Crippen LogP) is 3.55. The maximum Gasteiger partial charge on any atom is 0.0863 e. The van der Waals surface area contributed by atoms with E-state index in [-0.39, 0.29) is 0 Å². The van der Waals surface area contributed by atoms with Crippen molar-refractivity contribution in [3.05, 3.63) is 35.9 Å². The van der Waals surface area contributed by atoms with E-state index in [0.717, 1.165) is 6.42 Å². The second-order valence-electron chi connectivity index (χ2n) is 6.49. The molecule has 18 heavy (non-hydrogen) atoms. The van der Waals surface area contributed by atoms with Gasteiger partial charge in [0.25, 0.3) is 0 Å². The van der Waals surface area contributed by atoms with Gasteiger partial charge in [0.2, 0.25) is 0 Å². The first-order valence-corrected chi connectivity index (χ1v) is 9.70. The topological polar surface area (TPSA) is 26.0 Å². The van der Waals surface area contributed by atoms with E-state index in [1.165, 1.54) is 16.3 Å². The van der Waals surface area contributed by atoms with Gasteiger partial charge >= 0.3 is 0 Å². The van der Waals surface area contributed by atoms with Crippen LogP contribution in [0.1, 0.15) is 31.9 Å². The minimum absolute atomic E-state index is 0.343. The zero-order chi connectivity index (χ0) is 14.0. The maximum atomic E-state index is 5.79.